The van der Waals surface area contributed by atoms with Gasteiger partial charge in [0.05, 0.1) is 0 Å². The fraction of sp³-hybridized carbons (Fsp3) is 0.417. The summed E-state index contributed by atoms with van der Waals surface area (Å²) in [6.07, 6.45) is 3.46. The third kappa shape index (κ3) is 2.72. The van der Waals surface area contributed by atoms with Gasteiger partial charge in [-0.15, -0.1) is 0 Å². The lowest BCUT2D eigenvalue weighted by Gasteiger charge is -2.26. The molecule has 2 N–H and O–H groups in total. The van der Waals surface area contributed by atoms with Crippen molar-refractivity contribution in [3.05, 3.63) is 29.8 Å². The maximum Gasteiger partial charge on any atom is 0.319 e. The number of nitrogens with one attached hydrogen (secondary N) is 2. The molecule has 0 saturated heterocycles. The van der Waals surface area contributed by atoms with E-state index < -0.39 is 0 Å². The van der Waals surface area contributed by atoms with E-state index in [4.69, 9.17) is 0 Å². The van der Waals surface area contributed by atoms with Crippen LogP contribution in [0, 0.1) is 6.92 Å². The van der Waals surface area contributed by atoms with Crippen molar-refractivity contribution in [2.24, 2.45) is 0 Å². The largest absolute Gasteiger partial charge is 0.335 e. The van der Waals surface area contributed by atoms with Crippen molar-refractivity contribution in [2.75, 3.05) is 5.32 Å². The van der Waals surface area contributed by atoms with Gasteiger partial charge in [-0.05, 0) is 43.9 Å². The summed E-state index contributed by atoms with van der Waals surface area (Å²) in [6, 6.07) is 8.09. The normalized spacial score (nSPS) is 15.5. The molecule has 0 unspecified atom stereocenters. The number of hydrogen-bond acceptors (Lipinski definition) is 1. The first-order valence-corrected chi connectivity index (χ1v) is 5.38. The lowest BCUT2D eigenvalue weighted by atomic mass is 9.93. The molecule has 1 saturated carbocycles. The molecular weight excluding hydrogens is 188 g/mol. The van der Waals surface area contributed by atoms with Crippen molar-refractivity contribution in [2.45, 2.75) is 32.2 Å². The number of rotatable bonds is 2. The minimum Gasteiger partial charge on any atom is -0.335 e. The van der Waals surface area contributed by atoms with Crippen molar-refractivity contribution in [3.63, 3.8) is 0 Å². The molecule has 1 aliphatic carbocycles. The van der Waals surface area contributed by atoms with E-state index in [1.807, 2.05) is 31.2 Å². The van der Waals surface area contributed by atoms with Gasteiger partial charge in [-0.1, -0.05) is 12.1 Å². The van der Waals surface area contributed by atoms with Gasteiger partial charge in [0.15, 0.2) is 0 Å². The summed E-state index contributed by atoms with van der Waals surface area (Å²) in [7, 11) is 0. The van der Waals surface area contributed by atoms with E-state index in [9.17, 15) is 4.79 Å². The lowest BCUT2D eigenvalue weighted by Crippen LogP contribution is -2.41. The van der Waals surface area contributed by atoms with Gasteiger partial charge in [0.1, 0.15) is 0 Å². The van der Waals surface area contributed by atoms with Crippen LogP contribution in [0.25, 0.3) is 0 Å². The van der Waals surface area contributed by atoms with Gasteiger partial charge in [-0.3, -0.25) is 0 Å². The van der Waals surface area contributed by atoms with Gasteiger partial charge >= 0.3 is 6.03 Å². The molecule has 15 heavy (non-hydrogen) atoms. The monoisotopic (exact) mass is 204 g/mol. The second kappa shape index (κ2) is 4.34. The van der Waals surface area contributed by atoms with E-state index in [0.29, 0.717) is 6.04 Å². The van der Waals surface area contributed by atoms with Crippen LogP contribution in [-0.4, -0.2) is 12.1 Å². The third-order valence-electron chi connectivity index (χ3n) is 2.72. The highest BCUT2D eigenvalue weighted by Gasteiger charge is 2.19. The first-order chi connectivity index (χ1) is 7.24. The Hall–Kier alpha value is -1.51. The molecule has 2 rings (SSSR count). The van der Waals surface area contributed by atoms with Crippen LogP contribution in [-0.2, 0) is 0 Å². The maximum absolute atomic E-state index is 11.5. The van der Waals surface area contributed by atoms with Crippen molar-refractivity contribution < 1.29 is 4.79 Å². The average molecular weight is 204 g/mol. The Kier molecular flexibility index (Phi) is 2.90. The van der Waals surface area contributed by atoms with Crippen LogP contribution in [0.3, 0.4) is 0 Å². The standard InChI is InChI=1S/C12H16N2O/c1-9-4-2-7-11(8-9)14-12(15)13-10-5-3-6-10/h2,4,7-8,10H,3,5-6H2,1H3,(H2,13,14,15). The number of carbonyl (C=O) groups is 1. The molecule has 80 valence electrons. The lowest BCUT2D eigenvalue weighted by molar-refractivity contribution is 0.240. The first kappa shape index (κ1) is 10.0. The Bertz CT molecular complexity index is 358. The number of carbonyl (C=O) groups excluding carboxylic acids is 1. The zero-order chi connectivity index (χ0) is 10.7. The van der Waals surface area contributed by atoms with Gasteiger partial charge in [-0.2, -0.15) is 0 Å². The van der Waals surface area contributed by atoms with Gasteiger partial charge in [0, 0.05) is 11.7 Å². The Balaban J connectivity index is 1.87. The molecule has 0 spiro atoms. The summed E-state index contributed by atoms with van der Waals surface area (Å²) in [5.41, 5.74) is 2.00. The third-order valence-corrected chi connectivity index (χ3v) is 2.72. The number of aryl methyl sites for hydroxylation is 1. The van der Waals surface area contributed by atoms with Crippen molar-refractivity contribution in [3.8, 4) is 0 Å². The molecule has 1 aliphatic rings. The summed E-state index contributed by atoms with van der Waals surface area (Å²) in [4.78, 5) is 11.5. The van der Waals surface area contributed by atoms with Gasteiger partial charge in [-0.25, -0.2) is 4.79 Å². The van der Waals surface area contributed by atoms with Crippen molar-refractivity contribution >= 4 is 11.7 Å². The quantitative estimate of drug-likeness (QED) is 0.764. The van der Waals surface area contributed by atoms with Crippen LogP contribution in [0.5, 0.6) is 0 Å². The van der Waals surface area contributed by atoms with Crippen LogP contribution in [0.15, 0.2) is 24.3 Å². The average Bonchev–Trinajstić information content (AvgIpc) is 2.11. The number of anilines is 1. The number of amides is 2. The number of urea groups is 1. The van der Waals surface area contributed by atoms with E-state index >= 15 is 0 Å². The predicted octanol–water partition coefficient (Wildman–Crippen LogP) is 2.67. The summed E-state index contributed by atoms with van der Waals surface area (Å²) < 4.78 is 0. The van der Waals surface area contributed by atoms with Crippen LogP contribution in [0.4, 0.5) is 10.5 Å². The molecule has 1 fully saturated rings. The maximum atomic E-state index is 11.5. The van der Waals surface area contributed by atoms with Gasteiger partial charge < -0.3 is 10.6 Å². The molecule has 1 aromatic rings. The zero-order valence-electron chi connectivity index (χ0n) is 8.92. The Morgan fingerprint density at radius 2 is 2.20 bits per heavy atom. The Morgan fingerprint density at radius 3 is 2.80 bits per heavy atom. The summed E-state index contributed by atoms with van der Waals surface area (Å²) in [6.45, 7) is 2.01. The van der Waals surface area contributed by atoms with E-state index in [-0.39, 0.29) is 6.03 Å². The Morgan fingerprint density at radius 1 is 1.40 bits per heavy atom. The molecular formula is C12H16N2O. The van der Waals surface area contributed by atoms with Crippen molar-refractivity contribution in [1.82, 2.24) is 5.32 Å². The highest BCUT2D eigenvalue weighted by atomic mass is 16.2. The Labute approximate surface area is 89.9 Å². The topological polar surface area (TPSA) is 41.1 Å². The molecule has 3 nitrogen and oxygen atoms in total. The molecule has 1 aromatic carbocycles. The van der Waals surface area contributed by atoms with Gasteiger partial charge in [0.2, 0.25) is 0 Å². The highest BCUT2D eigenvalue weighted by molar-refractivity contribution is 5.89. The van der Waals surface area contributed by atoms with Crippen LogP contribution in [0.2, 0.25) is 0 Å². The first-order valence-electron chi connectivity index (χ1n) is 5.38. The fourth-order valence-electron chi connectivity index (χ4n) is 1.63. The number of hydrogen-bond donors (Lipinski definition) is 2. The smallest absolute Gasteiger partial charge is 0.319 e. The summed E-state index contributed by atoms with van der Waals surface area (Å²) in [5.74, 6) is 0. The SMILES string of the molecule is Cc1cccc(NC(=O)NC2CCC2)c1. The second-order valence-corrected chi connectivity index (χ2v) is 4.10. The number of benzene rings is 1. The van der Waals surface area contributed by atoms with Crippen LogP contribution in [0.1, 0.15) is 24.8 Å². The van der Waals surface area contributed by atoms with E-state index in [0.717, 1.165) is 24.1 Å². The molecule has 0 bridgehead atoms. The summed E-state index contributed by atoms with van der Waals surface area (Å²) in [5, 5.41) is 5.77. The van der Waals surface area contributed by atoms with E-state index in [2.05, 4.69) is 10.6 Å². The van der Waals surface area contributed by atoms with Crippen molar-refractivity contribution in [1.29, 1.82) is 0 Å². The van der Waals surface area contributed by atoms with Crippen LogP contribution < -0.4 is 10.6 Å². The molecule has 0 aliphatic heterocycles. The van der Waals surface area contributed by atoms with E-state index in [1.165, 1.54) is 6.42 Å². The fourth-order valence-corrected chi connectivity index (χ4v) is 1.63. The minimum absolute atomic E-state index is 0.0923. The molecule has 2 amide bonds. The summed E-state index contributed by atoms with van der Waals surface area (Å²) >= 11 is 0. The van der Waals surface area contributed by atoms with E-state index in [1.54, 1.807) is 0 Å². The highest BCUT2D eigenvalue weighted by Crippen LogP contribution is 2.18. The molecule has 3 heteroatoms. The van der Waals surface area contributed by atoms with Gasteiger partial charge in [0.25, 0.3) is 0 Å². The second-order valence-electron chi connectivity index (χ2n) is 4.10. The zero-order valence-corrected chi connectivity index (χ0v) is 8.92. The molecule has 0 aromatic heterocycles. The predicted molar refractivity (Wildman–Crippen MR) is 61.0 cm³/mol. The van der Waals surface area contributed by atoms with Crippen LogP contribution >= 0.6 is 0 Å². The molecule has 0 heterocycles. The molecule has 0 radical (unpaired) electrons. The molecule has 0 atom stereocenters. The minimum atomic E-state index is -0.0923.